The summed E-state index contributed by atoms with van der Waals surface area (Å²) in [7, 11) is 3.43. The molecule has 0 atom stereocenters. The summed E-state index contributed by atoms with van der Waals surface area (Å²) in [6.07, 6.45) is 2.55. The van der Waals surface area contributed by atoms with Crippen LogP contribution in [0.4, 0.5) is 5.69 Å². The zero-order valence-electron chi connectivity index (χ0n) is 12.0. The number of likely N-dealkylation sites (N-methyl/N-ethyl adjacent to an activating group) is 1. The van der Waals surface area contributed by atoms with Gasteiger partial charge in [-0.25, -0.2) is 4.79 Å². The van der Waals surface area contributed by atoms with E-state index in [1.807, 2.05) is 11.9 Å². The van der Waals surface area contributed by atoms with Crippen LogP contribution in [-0.2, 0) is 4.74 Å². The Morgan fingerprint density at radius 1 is 1.45 bits per heavy atom. The number of ether oxygens (including phenoxy) is 2. The fraction of sp³-hybridized carbons (Fsp3) is 0.533. The Hall–Kier alpha value is -1.75. The first-order chi connectivity index (χ1) is 9.61. The van der Waals surface area contributed by atoms with Crippen molar-refractivity contribution >= 4 is 11.7 Å². The Balaban J connectivity index is 1.97. The Morgan fingerprint density at radius 2 is 2.20 bits per heavy atom. The van der Waals surface area contributed by atoms with Gasteiger partial charge < -0.3 is 19.5 Å². The van der Waals surface area contributed by atoms with Crippen molar-refractivity contribution in [1.29, 1.82) is 0 Å². The molecule has 0 aromatic heterocycles. The van der Waals surface area contributed by atoms with E-state index in [4.69, 9.17) is 9.47 Å². The number of methoxy groups -OCH3 is 1. The molecule has 5 heteroatoms. The molecule has 1 aromatic rings. The fourth-order valence-electron chi connectivity index (χ4n) is 1.99. The van der Waals surface area contributed by atoms with Gasteiger partial charge in [-0.05, 0) is 30.9 Å². The average molecular weight is 279 g/mol. The summed E-state index contributed by atoms with van der Waals surface area (Å²) in [4.78, 5) is 13.1. The van der Waals surface area contributed by atoms with Gasteiger partial charge in [0.1, 0.15) is 5.75 Å². The lowest BCUT2D eigenvalue weighted by molar-refractivity contribution is 0.0697. The molecule has 0 radical (unpaired) electrons. The van der Waals surface area contributed by atoms with Crippen LogP contribution in [0.2, 0.25) is 0 Å². The van der Waals surface area contributed by atoms with Crippen LogP contribution in [0.5, 0.6) is 5.75 Å². The van der Waals surface area contributed by atoms with E-state index in [1.54, 1.807) is 25.3 Å². The minimum absolute atomic E-state index is 0.274. The van der Waals surface area contributed by atoms with E-state index in [0.717, 1.165) is 12.5 Å². The number of hydrogen-bond donors (Lipinski definition) is 1. The fourth-order valence-corrected chi connectivity index (χ4v) is 1.99. The monoisotopic (exact) mass is 279 g/mol. The van der Waals surface area contributed by atoms with Crippen LogP contribution in [0.25, 0.3) is 0 Å². The van der Waals surface area contributed by atoms with Gasteiger partial charge >= 0.3 is 5.97 Å². The van der Waals surface area contributed by atoms with Crippen LogP contribution in [-0.4, -0.2) is 45.0 Å². The number of anilines is 1. The van der Waals surface area contributed by atoms with Gasteiger partial charge in [-0.2, -0.15) is 0 Å². The van der Waals surface area contributed by atoms with Crippen molar-refractivity contribution < 1.29 is 19.4 Å². The normalized spacial score (nSPS) is 14.1. The number of hydrogen-bond acceptors (Lipinski definition) is 4. The summed E-state index contributed by atoms with van der Waals surface area (Å²) in [6, 6.07) is 4.97. The Labute approximate surface area is 119 Å². The Bertz CT molecular complexity index is 471. The van der Waals surface area contributed by atoms with Gasteiger partial charge in [0.15, 0.2) is 0 Å². The summed E-state index contributed by atoms with van der Waals surface area (Å²) in [5, 5.41) is 9.23. The third-order valence-corrected chi connectivity index (χ3v) is 3.47. The molecule has 0 amide bonds. The molecule has 1 aliphatic carbocycles. The van der Waals surface area contributed by atoms with Crippen molar-refractivity contribution in [2.75, 3.05) is 38.8 Å². The van der Waals surface area contributed by atoms with Crippen molar-refractivity contribution in [3.63, 3.8) is 0 Å². The van der Waals surface area contributed by atoms with Crippen molar-refractivity contribution in [3.05, 3.63) is 23.8 Å². The molecule has 1 N–H and O–H groups in total. The van der Waals surface area contributed by atoms with E-state index < -0.39 is 5.97 Å². The van der Waals surface area contributed by atoms with Gasteiger partial charge in [-0.1, -0.05) is 0 Å². The highest BCUT2D eigenvalue weighted by Crippen LogP contribution is 2.29. The number of carboxylic acid groups (broad SMARTS) is 1. The number of carbonyl (C=O) groups is 1. The number of aromatic carboxylic acids is 1. The highest BCUT2D eigenvalue weighted by Gasteiger charge is 2.21. The molecule has 5 nitrogen and oxygen atoms in total. The predicted octanol–water partition coefficient (Wildman–Crippen LogP) is 2.26. The maximum absolute atomic E-state index is 11.3. The van der Waals surface area contributed by atoms with Gasteiger partial charge in [0.2, 0.25) is 0 Å². The molecule has 1 fully saturated rings. The molecule has 20 heavy (non-hydrogen) atoms. The summed E-state index contributed by atoms with van der Waals surface area (Å²) in [5.74, 6) is 0.454. The summed E-state index contributed by atoms with van der Waals surface area (Å²) in [6.45, 7) is 2.07. The molecule has 110 valence electrons. The molecule has 1 aliphatic rings. The lowest BCUT2D eigenvalue weighted by Crippen LogP contribution is -2.25. The smallest absolute Gasteiger partial charge is 0.337 e. The van der Waals surface area contributed by atoms with E-state index in [0.29, 0.717) is 24.6 Å². The first-order valence-corrected chi connectivity index (χ1v) is 6.82. The zero-order valence-corrected chi connectivity index (χ0v) is 12.0. The van der Waals surface area contributed by atoms with Gasteiger partial charge in [0, 0.05) is 26.3 Å². The topological polar surface area (TPSA) is 59.0 Å². The molecule has 0 spiro atoms. The van der Waals surface area contributed by atoms with Gasteiger partial charge in [-0.15, -0.1) is 0 Å². The summed E-state index contributed by atoms with van der Waals surface area (Å²) in [5.41, 5.74) is 0.919. The first kappa shape index (κ1) is 14.7. The van der Waals surface area contributed by atoms with Gasteiger partial charge in [0.25, 0.3) is 0 Å². The van der Waals surface area contributed by atoms with Crippen molar-refractivity contribution in [3.8, 4) is 5.75 Å². The SMILES string of the molecule is COc1ccc(C(=O)O)c(N(C)CCOCC2CC2)c1. The molecule has 1 saturated carbocycles. The molecule has 2 rings (SSSR count). The summed E-state index contributed by atoms with van der Waals surface area (Å²) < 4.78 is 10.7. The number of carboxylic acids is 1. The highest BCUT2D eigenvalue weighted by molar-refractivity contribution is 5.94. The largest absolute Gasteiger partial charge is 0.497 e. The standard InChI is InChI=1S/C15H21NO4/c1-16(7-8-20-10-11-3-4-11)14-9-12(19-2)5-6-13(14)15(17)18/h5-6,9,11H,3-4,7-8,10H2,1-2H3,(H,17,18). The molecular weight excluding hydrogens is 258 g/mol. The number of rotatable bonds is 8. The lowest BCUT2D eigenvalue weighted by Gasteiger charge is -2.21. The molecule has 0 aliphatic heterocycles. The number of benzene rings is 1. The predicted molar refractivity (Wildman–Crippen MR) is 76.8 cm³/mol. The zero-order chi connectivity index (χ0) is 14.5. The van der Waals surface area contributed by atoms with Crippen LogP contribution in [0.3, 0.4) is 0 Å². The second-order valence-electron chi connectivity index (χ2n) is 5.13. The van der Waals surface area contributed by atoms with Crippen LogP contribution in [0.1, 0.15) is 23.2 Å². The van der Waals surface area contributed by atoms with Gasteiger partial charge in [0.05, 0.1) is 25.0 Å². The number of nitrogens with zero attached hydrogens (tertiary/aromatic N) is 1. The van der Waals surface area contributed by atoms with Crippen LogP contribution < -0.4 is 9.64 Å². The second-order valence-corrected chi connectivity index (χ2v) is 5.13. The third kappa shape index (κ3) is 3.87. The first-order valence-electron chi connectivity index (χ1n) is 6.82. The van der Waals surface area contributed by atoms with Crippen molar-refractivity contribution in [1.82, 2.24) is 0 Å². The van der Waals surface area contributed by atoms with E-state index in [2.05, 4.69) is 0 Å². The average Bonchev–Trinajstić information content (AvgIpc) is 3.26. The van der Waals surface area contributed by atoms with Crippen LogP contribution in [0, 0.1) is 5.92 Å². The van der Waals surface area contributed by atoms with Crippen molar-refractivity contribution in [2.45, 2.75) is 12.8 Å². The summed E-state index contributed by atoms with van der Waals surface area (Å²) >= 11 is 0. The Morgan fingerprint density at radius 3 is 2.80 bits per heavy atom. The van der Waals surface area contributed by atoms with E-state index in [9.17, 15) is 9.90 Å². The molecule has 0 heterocycles. The highest BCUT2D eigenvalue weighted by atomic mass is 16.5. The molecule has 0 unspecified atom stereocenters. The maximum atomic E-state index is 11.3. The molecular formula is C15H21NO4. The van der Waals surface area contributed by atoms with E-state index in [-0.39, 0.29) is 5.56 Å². The lowest BCUT2D eigenvalue weighted by atomic mass is 10.1. The van der Waals surface area contributed by atoms with Crippen LogP contribution >= 0.6 is 0 Å². The third-order valence-electron chi connectivity index (χ3n) is 3.47. The quantitative estimate of drug-likeness (QED) is 0.740. The minimum atomic E-state index is -0.937. The maximum Gasteiger partial charge on any atom is 0.337 e. The van der Waals surface area contributed by atoms with E-state index >= 15 is 0 Å². The Kier molecular flexibility index (Phi) is 4.84. The van der Waals surface area contributed by atoms with Crippen molar-refractivity contribution in [2.24, 2.45) is 5.92 Å². The molecule has 0 bridgehead atoms. The van der Waals surface area contributed by atoms with E-state index in [1.165, 1.54) is 12.8 Å². The van der Waals surface area contributed by atoms with Crippen LogP contribution in [0.15, 0.2) is 18.2 Å². The second kappa shape index (κ2) is 6.61. The molecule has 1 aromatic carbocycles. The minimum Gasteiger partial charge on any atom is -0.497 e. The van der Waals surface area contributed by atoms with Gasteiger partial charge in [-0.3, -0.25) is 0 Å². The molecule has 0 saturated heterocycles.